The van der Waals surface area contributed by atoms with Crippen molar-refractivity contribution in [2.45, 2.75) is 120 Å². The average molecular weight is 341 g/mol. The summed E-state index contributed by atoms with van der Waals surface area (Å²) in [6.07, 6.45) is 18.1. The molecule has 0 rings (SSSR count). The molecule has 0 aliphatic heterocycles. The predicted molar refractivity (Wildman–Crippen MR) is 119 cm³/mol. The molecule has 0 heterocycles. The second kappa shape index (κ2) is 33.9. The van der Waals surface area contributed by atoms with Crippen molar-refractivity contribution in [3.05, 3.63) is 24.8 Å². The van der Waals surface area contributed by atoms with E-state index in [9.17, 15) is 0 Å². The summed E-state index contributed by atoms with van der Waals surface area (Å²) in [7, 11) is 0. The van der Waals surface area contributed by atoms with Gasteiger partial charge in [0, 0.05) is 0 Å². The molecule has 24 heavy (non-hydrogen) atoms. The smallest absolute Gasteiger partial charge is 0.0267 e. The van der Waals surface area contributed by atoms with Gasteiger partial charge in [0.25, 0.3) is 0 Å². The lowest BCUT2D eigenvalue weighted by Gasteiger charge is -1.98. The van der Waals surface area contributed by atoms with E-state index in [1.54, 1.807) is 0 Å². The van der Waals surface area contributed by atoms with E-state index in [0.717, 1.165) is 5.92 Å². The normalized spacial score (nSPS) is 10.8. The van der Waals surface area contributed by atoms with Gasteiger partial charge in [-0.1, -0.05) is 125 Å². The average Bonchev–Trinajstić information content (AvgIpc) is 2.64. The van der Waals surface area contributed by atoms with Crippen molar-refractivity contribution in [2.75, 3.05) is 0 Å². The Bertz CT molecular complexity index is 188. The maximum Gasteiger partial charge on any atom is -0.0267 e. The lowest BCUT2D eigenvalue weighted by molar-refractivity contribution is 0.544. The minimum absolute atomic E-state index is 0.699. The zero-order chi connectivity index (χ0) is 19.6. The molecule has 0 aliphatic carbocycles. The Morgan fingerprint density at radius 1 is 0.667 bits per heavy atom. The van der Waals surface area contributed by atoms with Gasteiger partial charge < -0.3 is 0 Å². The van der Waals surface area contributed by atoms with Crippen molar-refractivity contribution in [3.63, 3.8) is 0 Å². The van der Waals surface area contributed by atoms with Crippen LogP contribution in [0.1, 0.15) is 120 Å². The molecule has 0 aromatic rings. The van der Waals surface area contributed by atoms with Gasteiger partial charge >= 0.3 is 0 Å². The third kappa shape index (κ3) is 49.6. The van der Waals surface area contributed by atoms with Crippen LogP contribution in [0, 0.1) is 11.8 Å². The molecular formula is C24H52. The first kappa shape index (κ1) is 31.3. The molecule has 0 aromatic carbocycles. The monoisotopic (exact) mass is 340 g/mol. The largest absolute Gasteiger partial charge is 0.103 e. The van der Waals surface area contributed by atoms with Crippen LogP contribution in [0.2, 0.25) is 0 Å². The van der Waals surface area contributed by atoms with Crippen LogP contribution < -0.4 is 0 Å². The number of rotatable bonds is 9. The van der Waals surface area contributed by atoms with Gasteiger partial charge in [0.15, 0.2) is 0 Å². The Balaban J connectivity index is -0.000000111. The quantitative estimate of drug-likeness (QED) is 0.289. The Labute approximate surface area is 157 Å². The summed E-state index contributed by atoms with van der Waals surface area (Å²) >= 11 is 0. The van der Waals surface area contributed by atoms with Crippen LogP contribution in [0.15, 0.2) is 24.8 Å². The summed E-state index contributed by atoms with van der Waals surface area (Å²) in [5.74, 6) is 1.63. The first-order chi connectivity index (χ1) is 11.4. The molecule has 0 radical (unpaired) electrons. The van der Waals surface area contributed by atoms with E-state index in [2.05, 4.69) is 81.0 Å². The predicted octanol–water partition coefficient (Wildman–Crippen LogP) is 9.61. The molecule has 0 amide bonds. The molecule has 0 heteroatoms. The second-order valence-corrected chi connectivity index (χ2v) is 6.54. The van der Waals surface area contributed by atoms with Crippen molar-refractivity contribution < 1.29 is 0 Å². The molecule has 1 unspecified atom stereocenters. The van der Waals surface area contributed by atoms with E-state index in [-0.39, 0.29) is 0 Å². The van der Waals surface area contributed by atoms with Gasteiger partial charge in [-0.3, -0.25) is 0 Å². The number of hydrogen-bond acceptors (Lipinski definition) is 0. The molecule has 0 aliphatic rings. The first-order valence-corrected chi connectivity index (χ1v) is 10.7. The van der Waals surface area contributed by atoms with Gasteiger partial charge in [0.05, 0.1) is 0 Å². The van der Waals surface area contributed by atoms with Crippen LogP contribution in [0.3, 0.4) is 0 Å². The molecule has 0 aromatic heterocycles. The highest BCUT2D eigenvalue weighted by molar-refractivity contribution is 4.77. The van der Waals surface area contributed by atoms with Gasteiger partial charge in [-0.15, -0.1) is 6.58 Å². The maximum atomic E-state index is 3.63. The molecule has 0 spiro atoms. The fourth-order valence-corrected chi connectivity index (χ4v) is 1.29. The number of hydrogen-bond donors (Lipinski definition) is 0. The van der Waals surface area contributed by atoms with Crippen molar-refractivity contribution in [2.24, 2.45) is 11.8 Å². The SMILES string of the molecule is C=CC(C)CC.CCC(C)CC.CCC=CCC.CCCCCC. The van der Waals surface area contributed by atoms with Crippen molar-refractivity contribution >= 4 is 0 Å². The summed E-state index contributed by atoms with van der Waals surface area (Å²) in [6, 6.07) is 0. The molecule has 1 atom stereocenters. The van der Waals surface area contributed by atoms with Gasteiger partial charge in [-0.25, -0.2) is 0 Å². The fraction of sp³-hybridized carbons (Fsp3) is 0.833. The highest BCUT2D eigenvalue weighted by Crippen LogP contribution is 2.02. The van der Waals surface area contributed by atoms with E-state index in [1.165, 1.54) is 57.8 Å². The van der Waals surface area contributed by atoms with E-state index >= 15 is 0 Å². The van der Waals surface area contributed by atoms with Crippen molar-refractivity contribution in [1.29, 1.82) is 0 Å². The van der Waals surface area contributed by atoms with Gasteiger partial charge in [0.2, 0.25) is 0 Å². The van der Waals surface area contributed by atoms with E-state index < -0.39 is 0 Å². The molecule has 0 nitrogen and oxygen atoms in total. The molecule has 0 bridgehead atoms. The summed E-state index contributed by atoms with van der Waals surface area (Å²) in [5.41, 5.74) is 0. The van der Waals surface area contributed by atoms with Gasteiger partial charge in [0.1, 0.15) is 0 Å². The number of allylic oxidation sites excluding steroid dienone is 3. The second-order valence-electron chi connectivity index (χ2n) is 6.54. The van der Waals surface area contributed by atoms with Crippen LogP contribution in [0.4, 0.5) is 0 Å². The van der Waals surface area contributed by atoms with Crippen LogP contribution in [0.25, 0.3) is 0 Å². The third-order valence-electron chi connectivity index (χ3n) is 4.04. The standard InChI is InChI=1S/C6H14.C6H12.C6H14.C6H12/c2*1-4-6(3)5-2;2*1-3-5-6-4-2/h6H,4-5H2,1-3H3;4,6H,1,5H2,2-3H3;3-6H2,1-2H3;5-6H,3-4H2,1-2H3. The lowest BCUT2D eigenvalue weighted by atomic mass is 10.1. The molecular weight excluding hydrogens is 288 g/mol. The summed E-state index contributed by atoms with van der Waals surface area (Å²) in [4.78, 5) is 0. The highest BCUT2D eigenvalue weighted by atomic mass is 13.9. The zero-order valence-electron chi connectivity index (χ0n) is 19.0. The summed E-state index contributed by atoms with van der Waals surface area (Å²) < 4.78 is 0. The molecule has 0 fully saturated rings. The van der Waals surface area contributed by atoms with E-state index in [4.69, 9.17) is 0 Å². The first-order valence-electron chi connectivity index (χ1n) is 10.7. The Morgan fingerprint density at radius 3 is 1.12 bits per heavy atom. The van der Waals surface area contributed by atoms with E-state index in [1.807, 2.05) is 6.08 Å². The molecule has 0 saturated heterocycles. The Kier molecular flexibility index (Phi) is 44.2. The molecule has 0 N–H and O–H groups in total. The van der Waals surface area contributed by atoms with Crippen LogP contribution >= 0.6 is 0 Å². The third-order valence-corrected chi connectivity index (χ3v) is 4.04. The van der Waals surface area contributed by atoms with Crippen LogP contribution in [0.5, 0.6) is 0 Å². The summed E-state index contributed by atoms with van der Waals surface area (Å²) in [6.45, 7) is 23.4. The highest BCUT2D eigenvalue weighted by Gasteiger charge is 1.88. The zero-order valence-corrected chi connectivity index (χ0v) is 19.0. The van der Waals surface area contributed by atoms with Gasteiger partial charge in [-0.2, -0.15) is 0 Å². The van der Waals surface area contributed by atoms with Crippen LogP contribution in [-0.2, 0) is 0 Å². The Hall–Kier alpha value is -0.520. The van der Waals surface area contributed by atoms with Gasteiger partial charge in [-0.05, 0) is 24.7 Å². The maximum absolute atomic E-state index is 3.63. The summed E-state index contributed by atoms with van der Waals surface area (Å²) in [5, 5.41) is 0. The minimum atomic E-state index is 0.699. The van der Waals surface area contributed by atoms with Crippen molar-refractivity contribution in [3.8, 4) is 0 Å². The van der Waals surface area contributed by atoms with Crippen LogP contribution in [-0.4, -0.2) is 0 Å². The lowest BCUT2D eigenvalue weighted by Crippen LogP contribution is -1.85. The van der Waals surface area contributed by atoms with E-state index in [0.29, 0.717) is 5.92 Å². The van der Waals surface area contributed by atoms with Crippen molar-refractivity contribution in [1.82, 2.24) is 0 Å². The topological polar surface area (TPSA) is 0 Å². The Morgan fingerprint density at radius 2 is 1.04 bits per heavy atom. The fourth-order valence-electron chi connectivity index (χ4n) is 1.29. The molecule has 148 valence electrons. The molecule has 0 saturated carbocycles. The minimum Gasteiger partial charge on any atom is -0.103 e. The number of unbranched alkanes of at least 4 members (excludes halogenated alkanes) is 3.